The van der Waals surface area contributed by atoms with Gasteiger partial charge in [0.15, 0.2) is 6.29 Å². The summed E-state index contributed by atoms with van der Waals surface area (Å²) in [5, 5.41) is 20.7. The highest BCUT2D eigenvalue weighted by molar-refractivity contribution is 7.09. The Labute approximate surface area is 462 Å². The molecule has 1 aliphatic rings. The number of aliphatic hydroxyl groups excluding tert-OH is 1. The summed E-state index contributed by atoms with van der Waals surface area (Å²) in [7, 11) is 3.38. The number of hydrogen-bond acceptors (Lipinski definition) is 15. The van der Waals surface area contributed by atoms with Crippen LogP contribution in [0.1, 0.15) is 173 Å². The summed E-state index contributed by atoms with van der Waals surface area (Å²) >= 11 is 1.30. The summed E-state index contributed by atoms with van der Waals surface area (Å²) < 4.78 is 42.3. The van der Waals surface area contributed by atoms with E-state index in [-0.39, 0.29) is 99.2 Å². The van der Waals surface area contributed by atoms with Gasteiger partial charge in [0, 0.05) is 57.0 Å². The molecule has 18 nitrogen and oxygen atoms in total. The fourth-order valence-electron chi connectivity index (χ4n) is 9.33. The second kappa shape index (κ2) is 35.8. The molecule has 2 heterocycles. The van der Waals surface area contributed by atoms with Gasteiger partial charge in [0.25, 0.3) is 5.91 Å². The number of likely N-dealkylation sites (tertiary alicyclic amines) is 1. The Morgan fingerprint density at radius 3 is 2.30 bits per heavy atom. The number of halogens is 1. The molecule has 2 aromatic rings. The highest BCUT2D eigenvalue weighted by Crippen LogP contribution is 2.32. The zero-order chi connectivity index (χ0) is 57.0. The first-order valence-electron chi connectivity index (χ1n) is 28.1. The molecular weight excluding hydrogens is 1010 g/mol. The van der Waals surface area contributed by atoms with Gasteiger partial charge in [0.1, 0.15) is 41.4 Å². The highest BCUT2D eigenvalue weighted by atomic mass is 32.1. The van der Waals surface area contributed by atoms with E-state index >= 15 is 0 Å². The van der Waals surface area contributed by atoms with E-state index in [0.29, 0.717) is 43.8 Å². The van der Waals surface area contributed by atoms with Crippen LogP contribution in [0, 0.1) is 23.6 Å². The zero-order valence-electron chi connectivity index (χ0n) is 47.9. The molecule has 4 N–H and O–H groups in total. The molecule has 0 bridgehead atoms. The number of esters is 2. The number of methoxy groups -OCH3 is 1. The van der Waals surface area contributed by atoms with Crippen molar-refractivity contribution < 1.29 is 61.9 Å². The first-order chi connectivity index (χ1) is 36.8. The molecule has 1 aliphatic heterocycles. The number of hydrogen-bond donors (Lipinski definition) is 4. The second-order valence-corrected chi connectivity index (χ2v) is 21.9. The van der Waals surface area contributed by atoms with Crippen molar-refractivity contribution in [1.29, 1.82) is 0 Å². The Balaban J connectivity index is 1.69. The number of aromatic nitrogens is 1. The van der Waals surface area contributed by atoms with Crippen LogP contribution in [0.3, 0.4) is 0 Å². The molecule has 0 spiro atoms. The smallest absolute Gasteiger partial charge is 0.309 e. The summed E-state index contributed by atoms with van der Waals surface area (Å²) in [5.41, 5.74) is 0.900. The number of nitrogens with one attached hydrogen (secondary N) is 3. The lowest BCUT2D eigenvalue weighted by Crippen LogP contribution is -2.58. The third-order valence-electron chi connectivity index (χ3n) is 14.0. The minimum atomic E-state index is -0.830. The van der Waals surface area contributed by atoms with Crippen LogP contribution in [0.2, 0.25) is 0 Å². The van der Waals surface area contributed by atoms with Crippen LogP contribution in [0.4, 0.5) is 4.39 Å². The quantitative estimate of drug-likeness (QED) is 0.0376. The summed E-state index contributed by atoms with van der Waals surface area (Å²) in [6.07, 6.45) is 4.93. The lowest BCUT2D eigenvalue weighted by atomic mass is 9.92. The van der Waals surface area contributed by atoms with Crippen molar-refractivity contribution in [3.05, 3.63) is 51.7 Å². The predicted molar refractivity (Wildman–Crippen MR) is 294 cm³/mol. The van der Waals surface area contributed by atoms with Crippen LogP contribution in [-0.4, -0.2) is 152 Å². The van der Waals surface area contributed by atoms with Crippen molar-refractivity contribution in [2.24, 2.45) is 17.8 Å². The third-order valence-corrected chi connectivity index (χ3v) is 15.0. The fraction of sp³-hybridized carbons (Fsp3) is 0.737. The highest BCUT2D eigenvalue weighted by Gasteiger charge is 2.38. The van der Waals surface area contributed by atoms with Crippen molar-refractivity contribution in [2.75, 3.05) is 53.6 Å². The molecule has 10 atom stereocenters. The second-order valence-electron chi connectivity index (χ2n) is 21.0. The number of piperidine rings is 1. The Morgan fingerprint density at radius 2 is 1.68 bits per heavy atom. The Hall–Kier alpha value is -4.60. The van der Waals surface area contributed by atoms with Crippen LogP contribution < -0.4 is 16.0 Å². The molecule has 20 heteroatoms. The van der Waals surface area contributed by atoms with Crippen LogP contribution in [-0.2, 0) is 54.1 Å². The third kappa shape index (κ3) is 23.3. The molecule has 77 heavy (non-hydrogen) atoms. The lowest BCUT2D eigenvalue weighted by molar-refractivity contribution is -0.195. The monoisotopic (exact) mass is 1100 g/mol. The molecule has 0 radical (unpaired) electrons. The van der Waals surface area contributed by atoms with E-state index in [9.17, 15) is 38.3 Å². The van der Waals surface area contributed by atoms with Gasteiger partial charge >= 0.3 is 11.9 Å². The lowest BCUT2D eigenvalue weighted by Gasteiger charge is -2.40. The van der Waals surface area contributed by atoms with Gasteiger partial charge in [-0.15, -0.1) is 11.3 Å². The molecule has 3 rings (SSSR count). The first-order valence-corrected chi connectivity index (χ1v) is 29.0. The van der Waals surface area contributed by atoms with E-state index in [1.54, 1.807) is 31.4 Å². The summed E-state index contributed by atoms with van der Waals surface area (Å²) in [6.45, 7) is 19.0. The Kier molecular flexibility index (Phi) is 31.0. The summed E-state index contributed by atoms with van der Waals surface area (Å²) in [5.74, 6) is -3.30. The average molecular weight is 1110 g/mol. The van der Waals surface area contributed by atoms with Crippen molar-refractivity contribution in [3.63, 3.8) is 0 Å². The minimum Gasteiger partial charge on any atom is -0.461 e. The predicted octanol–water partition coefficient (Wildman–Crippen LogP) is 7.70. The summed E-state index contributed by atoms with van der Waals surface area (Å²) in [4.78, 5) is 89.9. The number of rotatable bonds is 37. The van der Waals surface area contributed by atoms with E-state index < -0.39 is 66.3 Å². The molecule has 1 saturated heterocycles. The van der Waals surface area contributed by atoms with E-state index in [1.807, 2.05) is 46.6 Å². The fourth-order valence-corrected chi connectivity index (χ4v) is 10.2. The van der Waals surface area contributed by atoms with Gasteiger partial charge in [0.05, 0.1) is 31.2 Å². The standard InChI is InChI=1S/C57H93FN6O12S/c1-12-19-44(34-65)76-51(72-11)35-74-50(67)22-18-21-49(66)59-33-40(9)75-57(71)39(8)30-43(31-41-23-25-42(58)26-24-41)60-53(68)45-36-77-55(61-45)48(73-29-14-3)32-47(37(5)6)64(27-13-2)56(70)52(38(7)15-4)62-54(69)46-20-16-17-28-63(46)10/h23-26,36-40,43-44,46-48,51-52,65H,12-22,27-35H2,1-11H3,(H,59,66)(H,60,68)(H,62,69)/t38-,39-,40?,43+,44?,46+,47+,48+,51?,52-/m0/s1. The first kappa shape index (κ1) is 66.7. The van der Waals surface area contributed by atoms with Crippen LogP contribution in [0.15, 0.2) is 29.6 Å². The molecule has 1 fully saturated rings. The molecule has 3 unspecified atom stereocenters. The summed E-state index contributed by atoms with van der Waals surface area (Å²) in [6, 6.07) is 4.07. The number of nitrogens with zero attached hydrogens (tertiary/aromatic N) is 3. The van der Waals surface area contributed by atoms with E-state index in [2.05, 4.69) is 34.7 Å². The SMILES string of the molecule is CCCO[C@H](C[C@H](C(C)C)N(CCC)C(=O)[C@@H](NC(=O)[C@H]1CCCCN1C)[C@@H](C)CC)c1nc(C(=O)N[C@@H](Cc2ccc(F)cc2)C[C@H](C)C(=O)OC(C)CNC(=O)CCCC(=O)OCC(OC)OC(CO)CCC)cs1. The van der Waals surface area contributed by atoms with Gasteiger partial charge in [0.2, 0.25) is 17.7 Å². The van der Waals surface area contributed by atoms with Crippen LogP contribution in [0.5, 0.6) is 0 Å². The topological polar surface area (TPSA) is 224 Å². The van der Waals surface area contributed by atoms with E-state index in [1.165, 1.54) is 30.6 Å². The van der Waals surface area contributed by atoms with Gasteiger partial charge in [-0.25, -0.2) is 9.37 Å². The molecule has 4 amide bonds. The van der Waals surface area contributed by atoms with Crippen LogP contribution >= 0.6 is 11.3 Å². The molecule has 0 saturated carbocycles. The number of benzene rings is 1. The maximum atomic E-state index is 14.8. The maximum absolute atomic E-state index is 14.8. The minimum absolute atomic E-state index is 0.0104. The molecular formula is C57H93FN6O12S. The van der Waals surface area contributed by atoms with Crippen molar-refractivity contribution in [1.82, 2.24) is 30.7 Å². The Morgan fingerprint density at radius 1 is 0.948 bits per heavy atom. The number of amides is 4. The normalized spacial score (nSPS) is 17.5. The van der Waals surface area contributed by atoms with E-state index in [4.69, 9.17) is 28.7 Å². The largest absolute Gasteiger partial charge is 0.461 e. The number of carbonyl (C=O) groups excluding carboxylic acids is 6. The van der Waals surface area contributed by atoms with Gasteiger partial charge in [-0.05, 0) is 101 Å². The van der Waals surface area contributed by atoms with Crippen molar-refractivity contribution in [2.45, 2.75) is 201 Å². The Bertz CT molecular complexity index is 2080. The zero-order valence-corrected chi connectivity index (χ0v) is 48.8. The maximum Gasteiger partial charge on any atom is 0.309 e. The van der Waals surface area contributed by atoms with Gasteiger partial charge < -0.3 is 49.6 Å². The number of aliphatic hydroxyl groups is 1. The molecule has 0 aliphatic carbocycles. The molecule has 1 aromatic carbocycles. The number of thiazole rings is 1. The number of likely N-dealkylation sites (N-methyl/N-ethyl adjacent to an activating group) is 1. The molecule has 1 aromatic heterocycles. The average Bonchev–Trinajstić information content (AvgIpc) is 3.91. The van der Waals surface area contributed by atoms with Crippen molar-refractivity contribution >= 4 is 46.9 Å². The van der Waals surface area contributed by atoms with E-state index in [0.717, 1.165) is 44.2 Å². The van der Waals surface area contributed by atoms with Gasteiger partial charge in [-0.1, -0.05) is 86.8 Å². The van der Waals surface area contributed by atoms with Crippen molar-refractivity contribution in [3.8, 4) is 0 Å². The molecule has 436 valence electrons. The van der Waals surface area contributed by atoms with Gasteiger partial charge in [-0.2, -0.15) is 0 Å². The van der Waals surface area contributed by atoms with Gasteiger partial charge in [-0.3, -0.25) is 33.7 Å². The number of ether oxygens (including phenoxy) is 5. The van der Waals surface area contributed by atoms with Crippen LogP contribution in [0.25, 0.3) is 0 Å². The number of carbonyl (C=O) groups is 6.